The van der Waals surface area contributed by atoms with E-state index in [0.29, 0.717) is 11.0 Å². The molecule has 0 saturated carbocycles. The van der Waals surface area contributed by atoms with Crippen molar-refractivity contribution in [2.24, 2.45) is 0 Å². The van der Waals surface area contributed by atoms with Crippen LogP contribution in [0, 0.1) is 0 Å². The minimum Gasteiger partial charge on any atom is -0.506 e. The Bertz CT molecular complexity index is 1060. The van der Waals surface area contributed by atoms with Gasteiger partial charge in [-0.3, -0.25) is 4.98 Å². The van der Waals surface area contributed by atoms with Gasteiger partial charge in [0.15, 0.2) is 0 Å². The average molecular weight is 334 g/mol. The predicted molar refractivity (Wildman–Crippen MR) is 93.8 cm³/mol. The lowest BCUT2D eigenvalue weighted by molar-refractivity contribution is 0.0691. The van der Waals surface area contributed by atoms with Gasteiger partial charge in [-0.25, -0.2) is 9.78 Å². The van der Waals surface area contributed by atoms with Crippen LogP contribution in [0.1, 0.15) is 10.5 Å². The molecule has 4 rings (SSSR count). The summed E-state index contributed by atoms with van der Waals surface area (Å²) in [5, 5.41) is 29.1. The van der Waals surface area contributed by atoms with Gasteiger partial charge in [-0.15, -0.1) is 0 Å². The van der Waals surface area contributed by atoms with Crippen LogP contribution in [-0.4, -0.2) is 31.3 Å². The summed E-state index contributed by atoms with van der Waals surface area (Å²) in [6.07, 6.45) is 1.67. The van der Waals surface area contributed by atoms with Crippen molar-refractivity contribution < 1.29 is 20.1 Å². The fourth-order valence-corrected chi connectivity index (χ4v) is 2.34. The Morgan fingerprint density at radius 1 is 0.760 bits per heavy atom. The van der Waals surface area contributed by atoms with Crippen molar-refractivity contribution in [3.63, 3.8) is 0 Å². The van der Waals surface area contributed by atoms with Crippen LogP contribution < -0.4 is 0 Å². The molecule has 0 aliphatic carbocycles. The number of aromatic hydroxyl groups is 2. The first kappa shape index (κ1) is 16.2. The second-order valence-corrected chi connectivity index (χ2v) is 5.20. The van der Waals surface area contributed by atoms with E-state index in [1.807, 2.05) is 18.2 Å². The number of rotatable bonds is 1. The monoisotopic (exact) mass is 334 g/mol. The van der Waals surface area contributed by atoms with Crippen molar-refractivity contribution >= 4 is 27.8 Å². The van der Waals surface area contributed by atoms with Crippen LogP contribution in [0.15, 0.2) is 66.9 Å². The zero-order valence-electron chi connectivity index (χ0n) is 13.0. The van der Waals surface area contributed by atoms with Gasteiger partial charge in [0.05, 0.1) is 0 Å². The summed E-state index contributed by atoms with van der Waals surface area (Å²) in [7, 11) is 0. The number of phenolic OH excluding ortho intramolecular Hbond substituents is 2. The molecule has 2 heterocycles. The maximum absolute atomic E-state index is 10.6. The zero-order valence-corrected chi connectivity index (χ0v) is 13.0. The molecule has 25 heavy (non-hydrogen) atoms. The van der Waals surface area contributed by atoms with E-state index < -0.39 is 5.97 Å². The van der Waals surface area contributed by atoms with E-state index in [1.165, 1.54) is 12.1 Å². The van der Waals surface area contributed by atoms with E-state index in [2.05, 4.69) is 9.97 Å². The van der Waals surface area contributed by atoms with Crippen molar-refractivity contribution in [1.29, 1.82) is 0 Å². The summed E-state index contributed by atoms with van der Waals surface area (Å²) < 4.78 is 0. The number of carboxylic acids is 1. The zero-order chi connectivity index (χ0) is 17.8. The fourth-order valence-electron chi connectivity index (χ4n) is 2.34. The van der Waals surface area contributed by atoms with Gasteiger partial charge in [-0.05, 0) is 24.3 Å². The van der Waals surface area contributed by atoms with Crippen molar-refractivity contribution in [3.8, 4) is 11.5 Å². The molecule has 124 valence electrons. The van der Waals surface area contributed by atoms with Gasteiger partial charge in [0.25, 0.3) is 0 Å². The Morgan fingerprint density at radius 2 is 1.36 bits per heavy atom. The van der Waals surface area contributed by atoms with E-state index in [4.69, 9.17) is 5.11 Å². The highest BCUT2D eigenvalue weighted by Crippen LogP contribution is 2.22. The van der Waals surface area contributed by atoms with Crippen molar-refractivity contribution in [2.45, 2.75) is 0 Å². The molecule has 0 amide bonds. The molecule has 4 aromatic rings. The van der Waals surface area contributed by atoms with Crippen molar-refractivity contribution in [2.75, 3.05) is 0 Å². The van der Waals surface area contributed by atoms with E-state index >= 15 is 0 Å². The topological polar surface area (TPSA) is 104 Å². The van der Waals surface area contributed by atoms with Gasteiger partial charge >= 0.3 is 5.97 Å². The molecule has 3 N–H and O–H groups in total. The van der Waals surface area contributed by atoms with Crippen LogP contribution in [0.3, 0.4) is 0 Å². The van der Waals surface area contributed by atoms with Gasteiger partial charge < -0.3 is 15.3 Å². The maximum Gasteiger partial charge on any atom is 0.354 e. The largest absolute Gasteiger partial charge is 0.506 e. The Labute approximate surface area is 142 Å². The van der Waals surface area contributed by atoms with Crippen LogP contribution in [0.2, 0.25) is 0 Å². The fraction of sp³-hybridized carbons (Fsp3) is 0. The van der Waals surface area contributed by atoms with Gasteiger partial charge in [0.1, 0.15) is 28.2 Å². The molecule has 0 fully saturated rings. The molecule has 0 unspecified atom stereocenters. The van der Waals surface area contributed by atoms with E-state index in [1.54, 1.807) is 36.5 Å². The number of pyridine rings is 2. The van der Waals surface area contributed by atoms with Crippen LogP contribution >= 0.6 is 0 Å². The smallest absolute Gasteiger partial charge is 0.354 e. The molecule has 6 nitrogen and oxygen atoms in total. The summed E-state index contributed by atoms with van der Waals surface area (Å²) in [5.41, 5.74) is 0.904. The molecular weight excluding hydrogens is 320 g/mol. The number of carbonyl (C=O) groups is 1. The highest BCUT2D eigenvalue weighted by molar-refractivity contribution is 5.91. The van der Waals surface area contributed by atoms with Crippen LogP contribution in [0.25, 0.3) is 21.8 Å². The lowest BCUT2D eigenvalue weighted by atomic mass is 10.2. The molecule has 2 aromatic carbocycles. The van der Waals surface area contributed by atoms with E-state index in [0.717, 1.165) is 10.8 Å². The van der Waals surface area contributed by atoms with E-state index in [-0.39, 0.29) is 17.2 Å². The second kappa shape index (κ2) is 6.84. The third-order valence-corrected chi connectivity index (χ3v) is 3.53. The standard InChI is InChI=1S/C10H7NO3.C9H7NO/c12-8-3-1-2-6-4-5-7(10(13)14)11-9(6)8;11-8-5-1-3-7-4-2-6-10-9(7)8/h1-5,12H,(H,13,14);1-6,11H. The molecule has 0 bridgehead atoms. The summed E-state index contributed by atoms with van der Waals surface area (Å²) >= 11 is 0. The molecule has 2 aromatic heterocycles. The first-order valence-corrected chi connectivity index (χ1v) is 7.41. The number of para-hydroxylation sites is 2. The summed E-state index contributed by atoms with van der Waals surface area (Å²) in [5.74, 6) is -0.871. The highest BCUT2D eigenvalue weighted by Gasteiger charge is 2.07. The van der Waals surface area contributed by atoms with Gasteiger partial charge in [0, 0.05) is 17.0 Å². The summed E-state index contributed by atoms with van der Waals surface area (Å²) in [6, 6.07) is 17.1. The first-order chi connectivity index (χ1) is 12.1. The maximum atomic E-state index is 10.6. The van der Waals surface area contributed by atoms with Gasteiger partial charge in [-0.2, -0.15) is 0 Å². The number of hydrogen-bond donors (Lipinski definition) is 3. The lowest BCUT2D eigenvalue weighted by Gasteiger charge is -2.00. The average Bonchev–Trinajstić information content (AvgIpc) is 2.63. The van der Waals surface area contributed by atoms with Crippen LogP contribution in [0.5, 0.6) is 11.5 Å². The first-order valence-electron chi connectivity index (χ1n) is 7.41. The summed E-state index contributed by atoms with van der Waals surface area (Å²) in [6.45, 7) is 0. The molecule has 0 radical (unpaired) electrons. The van der Waals surface area contributed by atoms with Crippen LogP contribution in [-0.2, 0) is 0 Å². The molecular formula is C19H14N2O4. The normalized spacial score (nSPS) is 10.2. The third-order valence-electron chi connectivity index (χ3n) is 3.53. The van der Waals surface area contributed by atoms with E-state index in [9.17, 15) is 15.0 Å². The minimum atomic E-state index is -1.10. The number of aromatic carboxylic acids is 1. The number of phenols is 2. The summed E-state index contributed by atoms with van der Waals surface area (Å²) in [4.78, 5) is 18.5. The number of carboxylic acid groups (broad SMARTS) is 1. The number of fused-ring (bicyclic) bond motifs is 2. The molecule has 0 atom stereocenters. The molecule has 0 spiro atoms. The Balaban J connectivity index is 0.000000150. The highest BCUT2D eigenvalue weighted by atomic mass is 16.4. The van der Waals surface area contributed by atoms with Crippen molar-refractivity contribution in [1.82, 2.24) is 9.97 Å². The lowest BCUT2D eigenvalue weighted by Crippen LogP contribution is -1.99. The molecule has 0 aliphatic rings. The predicted octanol–water partition coefficient (Wildman–Crippen LogP) is 3.58. The number of nitrogens with zero attached hydrogens (tertiary/aromatic N) is 2. The quantitative estimate of drug-likeness (QED) is 0.491. The van der Waals surface area contributed by atoms with Gasteiger partial charge in [0.2, 0.25) is 0 Å². The number of hydrogen-bond acceptors (Lipinski definition) is 5. The Kier molecular flexibility index (Phi) is 4.43. The third kappa shape index (κ3) is 3.48. The molecule has 0 saturated heterocycles. The van der Waals surface area contributed by atoms with Gasteiger partial charge in [-0.1, -0.05) is 36.4 Å². The number of aromatic nitrogens is 2. The van der Waals surface area contributed by atoms with Crippen molar-refractivity contribution in [3.05, 3.63) is 72.6 Å². The van der Waals surface area contributed by atoms with Crippen LogP contribution in [0.4, 0.5) is 0 Å². The Hall–Kier alpha value is -3.67. The molecule has 0 aliphatic heterocycles. The second-order valence-electron chi connectivity index (χ2n) is 5.20. The number of benzene rings is 2. The Morgan fingerprint density at radius 3 is 2.00 bits per heavy atom. The minimum absolute atomic E-state index is 0.00870. The SMILES string of the molecule is O=C(O)c1ccc2cccc(O)c2n1.Oc1cccc2cccnc12. The molecule has 6 heteroatoms.